The minimum Gasteiger partial charge on any atom is -0.312 e. The van der Waals surface area contributed by atoms with Crippen LogP contribution in [0.4, 0.5) is 0 Å². The first kappa shape index (κ1) is 8.27. The van der Waals surface area contributed by atoms with Crippen LogP contribution in [-0.2, 0) is 12.1 Å². The third kappa shape index (κ3) is 1.80. The first-order chi connectivity index (χ1) is 5.04. The van der Waals surface area contributed by atoms with E-state index in [0.717, 1.165) is 5.69 Å². The van der Waals surface area contributed by atoms with Gasteiger partial charge in [-0.25, -0.2) is 0 Å². The summed E-state index contributed by atoms with van der Waals surface area (Å²) in [6.07, 6.45) is 1.90. The van der Waals surface area contributed by atoms with E-state index in [4.69, 9.17) is 5.73 Å². The Morgan fingerprint density at radius 1 is 1.55 bits per heavy atom. The molecule has 0 amide bonds. The molecule has 0 atom stereocenters. The third-order valence-electron chi connectivity index (χ3n) is 1.60. The fourth-order valence-corrected chi connectivity index (χ4v) is 0.863. The van der Waals surface area contributed by atoms with Crippen molar-refractivity contribution in [2.24, 2.45) is 5.73 Å². The molecule has 0 fully saturated rings. The zero-order valence-electron chi connectivity index (χ0n) is 7.33. The molecule has 0 radical (unpaired) electrons. The highest BCUT2D eigenvalue weighted by molar-refractivity contribution is 5.10. The highest BCUT2D eigenvalue weighted by Gasteiger charge is 2.15. The van der Waals surface area contributed by atoms with Crippen molar-refractivity contribution < 1.29 is 0 Å². The molecule has 1 aromatic rings. The molecule has 62 valence electrons. The van der Waals surface area contributed by atoms with E-state index in [2.05, 4.69) is 25.9 Å². The summed E-state index contributed by atoms with van der Waals surface area (Å²) in [6, 6.07) is 2.01. The van der Waals surface area contributed by atoms with E-state index in [1.165, 1.54) is 0 Å². The van der Waals surface area contributed by atoms with Crippen LogP contribution in [0.2, 0.25) is 0 Å². The first-order valence-electron chi connectivity index (χ1n) is 3.78. The molecule has 0 aliphatic carbocycles. The molecule has 1 rings (SSSR count). The topological polar surface area (TPSA) is 43.8 Å². The molecule has 0 unspecified atom stereocenters. The summed E-state index contributed by atoms with van der Waals surface area (Å²) in [6.45, 7) is 6.86. The van der Waals surface area contributed by atoms with Crippen LogP contribution in [0.25, 0.3) is 0 Å². The predicted molar refractivity (Wildman–Crippen MR) is 45.1 cm³/mol. The first-order valence-corrected chi connectivity index (χ1v) is 3.78. The molecule has 0 aliphatic heterocycles. The lowest BCUT2D eigenvalue weighted by Crippen LogP contribution is -2.14. The molecular formula is C8H15N3. The van der Waals surface area contributed by atoms with Crippen molar-refractivity contribution in [2.75, 3.05) is 0 Å². The lowest BCUT2D eigenvalue weighted by molar-refractivity contribution is 0.537. The SMILES string of the molecule is CC(C)(C)c1ccn(CN)n1. The van der Waals surface area contributed by atoms with Crippen LogP contribution < -0.4 is 5.73 Å². The normalized spacial score (nSPS) is 12.0. The van der Waals surface area contributed by atoms with Crippen LogP contribution in [0.1, 0.15) is 26.5 Å². The lowest BCUT2D eigenvalue weighted by Gasteiger charge is -2.14. The Hall–Kier alpha value is -0.830. The third-order valence-corrected chi connectivity index (χ3v) is 1.60. The van der Waals surface area contributed by atoms with E-state index in [0.29, 0.717) is 6.67 Å². The van der Waals surface area contributed by atoms with Gasteiger partial charge >= 0.3 is 0 Å². The quantitative estimate of drug-likeness (QED) is 0.656. The van der Waals surface area contributed by atoms with Gasteiger partial charge in [-0.2, -0.15) is 5.10 Å². The van der Waals surface area contributed by atoms with Gasteiger partial charge in [-0.3, -0.25) is 4.68 Å². The monoisotopic (exact) mass is 153 g/mol. The molecule has 1 aromatic heterocycles. The minimum absolute atomic E-state index is 0.125. The Bertz CT molecular complexity index is 232. The smallest absolute Gasteiger partial charge is 0.0878 e. The largest absolute Gasteiger partial charge is 0.312 e. The van der Waals surface area contributed by atoms with Gasteiger partial charge in [0.05, 0.1) is 12.4 Å². The predicted octanol–water partition coefficient (Wildman–Crippen LogP) is 1.10. The Morgan fingerprint density at radius 2 is 2.18 bits per heavy atom. The second-order valence-electron chi connectivity index (χ2n) is 3.67. The fourth-order valence-electron chi connectivity index (χ4n) is 0.863. The summed E-state index contributed by atoms with van der Waals surface area (Å²) in [4.78, 5) is 0. The molecule has 2 N–H and O–H groups in total. The van der Waals surface area contributed by atoms with Gasteiger partial charge in [0.25, 0.3) is 0 Å². The molecule has 1 heterocycles. The highest BCUT2D eigenvalue weighted by atomic mass is 15.3. The van der Waals surface area contributed by atoms with E-state index >= 15 is 0 Å². The average Bonchev–Trinajstić information content (AvgIpc) is 2.32. The maximum absolute atomic E-state index is 5.41. The minimum atomic E-state index is 0.125. The van der Waals surface area contributed by atoms with Gasteiger partial charge in [-0.05, 0) is 6.07 Å². The van der Waals surface area contributed by atoms with Gasteiger partial charge in [-0.15, -0.1) is 0 Å². The zero-order chi connectivity index (χ0) is 8.48. The fraction of sp³-hybridized carbons (Fsp3) is 0.625. The van der Waals surface area contributed by atoms with Crippen molar-refractivity contribution in [1.29, 1.82) is 0 Å². The van der Waals surface area contributed by atoms with E-state index in [9.17, 15) is 0 Å². The lowest BCUT2D eigenvalue weighted by atomic mass is 9.93. The van der Waals surface area contributed by atoms with Crippen LogP contribution in [0, 0.1) is 0 Å². The highest BCUT2D eigenvalue weighted by Crippen LogP contribution is 2.18. The van der Waals surface area contributed by atoms with Crippen LogP contribution in [0.3, 0.4) is 0 Å². The average molecular weight is 153 g/mol. The number of hydrogen-bond donors (Lipinski definition) is 1. The van der Waals surface area contributed by atoms with Crippen LogP contribution >= 0.6 is 0 Å². The Morgan fingerprint density at radius 3 is 2.45 bits per heavy atom. The van der Waals surface area contributed by atoms with Crippen LogP contribution in [0.5, 0.6) is 0 Å². The molecule has 0 saturated heterocycles. The molecule has 0 saturated carbocycles. The second-order valence-corrected chi connectivity index (χ2v) is 3.67. The van der Waals surface area contributed by atoms with Crippen molar-refractivity contribution >= 4 is 0 Å². The maximum Gasteiger partial charge on any atom is 0.0878 e. The van der Waals surface area contributed by atoms with Crippen molar-refractivity contribution in [3.05, 3.63) is 18.0 Å². The van der Waals surface area contributed by atoms with Crippen molar-refractivity contribution in [1.82, 2.24) is 9.78 Å². The maximum atomic E-state index is 5.41. The van der Waals surface area contributed by atoms with Gasteiger partial charge in [0.2, 0.25) is 0 Å². The van der Waals surface area contributed by atoms with E-state index in [1.54, 1.807) is 4.68 Å². The van der Waals surface area contributed by atoms with Gasteiger partial charge in [0.1, 0.15) is 0 Å². The Balaban J connectivity index is 2.89. The molecule has 3 heteroatoms. The van der Waals surface area contributed by atoms with Gasteiger partial charge in [0.15, 0.2) is 0 Å². The van der Waals surface area contributed by atoms with E-state index in [-0.39, 0.29) is 5.41 Å². The summed E-state index contributed by atoms with van der Waals surface area (Å²) >= 11 is 0. The van der Waals surface area contributed by atoms with Crippen LogP contribution in [-0.4, -0.2) is 9.78 Å². The Labute approximate surface area is 67.2 Å². The zero-order valence-corrected chi connectivity index (χ0v) is 7.33. The number of nitrogens with two attached hydrogens (primary N) is 1. The number of aromatic nitrogens is 2. The van der Waals surface area contributed by atoms with Crippen LogP contribution in [0.15, 0.2) is 12.3 Å². The molecule has 0 aromatic carbocycles. The van der Waals surface area contributed by atoms with E-state index < -0.39 is 0 Å². The summed E-state index contributed by atoms with van der Waals surface area (Å²) < 4.78 is 1.74. The van der Waals surface area contributed by atoms with Gasteiger partial charge in [0, 0.05) is 11.6 Å². The Kier molecular flexibility index (Phi) is 2.00. The molecular weight excluding hydrogens is 138 g/mol. The summed E-state index contributed by atoms with van der Waals surface area (Å²) in [5.74, 6) is 0. The number of hydrogen-bond acceptors (Lipinski definition) is 2. The molecule has 0 bridgehead atoms. The second kappa shape index (κ2) is 2.66. The molecule has 0 aliphatic rings. The standard InChI is InChI=1S/C8H15N3/c1-8(2,3)7-4-5-11(6-9)10-7/h4-5H,6,9H2,1-3H3. The number of rotatable bonds is 1. The van der Waals surface area contributed by atoms with Crippen molar-refractivity contribution in [3.8, 4) is 0 Å². The summed E-state index contributed by atoms with van der Waals surface area (Å²) in [7, 11) is 0. The van der Waals surface area contributed by atoms with E-state index in [1.807, 2.05) is 12.3 Å². The van der Waals surface area contributed by atoms with Gasteiger partial charge in [-0.1, -0.05) is 20.8 Å². The van der Waals surface area contributed by atoms with Gasteiger partial charge < -0.3 is 5.73 Å². The van der Waals surface area contributed by atoms with Crippen molar-refractivity contribution in [2.45, 2.75) is 32.9 Å². The molecule has 3 nitrogen and oxygen atoms in total. The summed E-state index contributed by atoms with van der Waals surface area (Å²) in [5.41, 5.74) is 6.62. The number of nitrogens with zero attached hydrogens (tertiary/aromatic N) is 2. The summed E-state index contributed by atoms with van der Waals surface area (Å²) in [5, 5.41) is 4.29. The van der Waals surface area contributed by atoms with Crippen molar-refractivity contribution in [3.63, 3.8) is 0 Å². The molecule has 11 heavy (non-hydrogen) atoms. The molecule has 0 spiro atoms.